The molecule has 0 saturated carbocycles. The summed E-state index contributed by atoms with van der Waals surface area (Å²) in [4.78, 5) is 39.1. The predicted molar refractivity (Wildman–Crippen MR) is 133 cm³/mol. The summed E-state index contributed by atoms with van der Waals surface area (Å²) in [6, 6.07) is 23.7. The monoisotopic (exact) mass is 522 g/mol. The van der Waals surface area contributed by atoms with Gasteiger partial charge in [0.2, 0.25) is 0 Å². The Balaban J connectivity index is 1.48. The molecule has 33 heavy (non-hydrogen) atoms. The summed E-state index contributed by atoms with van der Waals surface area (Å²) >= 11 is 4.30. The highest BCUT2D eigenvalue weighted by Gasteiger charge is 2.35. The number of rotatable bonds is 7. The summed E-state index contributed by atoms with van der Waals surface area (Å²) in [5.41, 5.74) is 2.13. The zero-order chi connectivity index (χ0) is 23.2. The van der Waals surface area contributed by atoms with Gasteiger partial charge in [-0.3, -0.25) is 19.3 Å². The molecule has 0 aliphatic carbocycles. The molecule has 0 atom stereocenters. The molecule has 1 aliphatic rings. The van der Waals surface area contributed by atoms with E-state index >= 15 is 0 Å². The van der Waals surface area contributed by atoms with Crippen LogP contribution >= 0.6 is 27.7 Å². The average molecular weight is 523 g/mol. The minimum atomic E-state index is -0.360. The second-order valence-corrected chi connectivity index (χ2v) is 9.05. The maximum absolute atomic E-state index is 12.9. The van der Waals surface area contributed by atoms with Crippen molar-refractivity contribution in [2.75, 3.05) is 11.9 Å². The van der Waals surface area contributed by atoms with Crippen molar-refractivity contribution in [2.45, 2.75) is 6.54 Å². The molecule has 3 aromatic rings. The summed E-state index contributed by atoms with van der Waals surface area (Å²) in [6.45, 7) is 0.0111. The number of carbonyl (C=O) groups is 3. The number of thioether (sulfide) groups is 1. The first-order valence-corrected chi connectivity index (χ1v) is 11.7. The van der Waals surface area contributed by atoms with E-state index in [2.05, 4.69) is 21.2 Å². The lowest BCUT2D eigenvalue weighted by Crippen LogP contribution is -2.27. The van der Waals surface area contributed by atoms with Crippen molar-refractivity contribution in [1.82, 2.24) is 4.90 Å². The average Bonchev–Trinajstić information content (AvgIpc) is 3.07. The maximum Gasteiger partial charge on any atom is 0.293 e. The summed E-state index contributed by atoms with van der Waals surface area (Å²) in [5, 5.41) is 2.44. The van der Waals surface area contributed by atoms with Crippen LogP contribution in [0.4, 0.5) is 10.5 Å². The normalized spacial score (nSPS) is 14.6. The lowest BCUT2D eigenvalue weighted by Gasteiger charge is -2.12. The topological polar surface area (TPSA) is 75.7 Å². The van der Waals surface area contributed by atoms with Crippen LogP contribution in [-0.4, -0.2) is 28.6 Å². The van der Waals surface area contributed by atoms with E-state index in [0.717, 1.165) is 21.8 Å². The van der Waals surface area contributed by atoms with Crippen LogP contribution in [0.5, 0.6) is 5.75 Å². The number of carbonyl (C=O) groups excluding carboxylic acids is 3. The Morgan fingerprint density at radius 1 is 1.00 bits per heavy atom. The van der Waals surface area contributed by atoms with Crippen molar-refractivity contribution < 1.29 is 19.1 Å². The second kappa shape index (κ2) is 10.5. The predicted octanol–water partition coefficient (Wildman–Crippen LogP) is 5.70. The third kappa shape index (κ3) is 5.91. The Labute approximate surface area is 203 Å². The minimum Gasteiger partial charge on any atom is -0.483 e. The lowest BCUT2D eigenvalue weighted by atomic mass is 10.1. The minimum absolute atomic E-state index is 0.202. The molecule has 0 radical (unpaired) electrons. The van der Waals surface area contributed by atoms with Crippen molar-refractivity contribution in [3.05, 3.63) is 99.4 Å². The highest BCUT2D eigenvalue weighted by atomic mass is 79.9. The number of nitrogens with zero attached hydrogens (tertiary/aromatic N) is 1. The molecule has 3 amide bonds. The molecule has 0 unspecified atom stereocenters. The van der Waals surface area contributed by atoms with Crippen molar-refractivity contribution in [3.8, 4) is 5.75 Å². The number of anilines is 1. The number of nitrogens with one attached hydrogen (secondary N) is 1. The standard InChI is InChI=1S/C25H19BrN2O4S/c26-19-11-12-21(32-16-23(29)27-20-9-5-2-6-10-20)18(13-19)14-22-24(30)28(25(31)33-22)15-17-7-3-1-4-8-17/h1-14H,15-16H2,(H,27,29)/b22-14-. The number of hydrogen-bond acceptors (Lipinski definition) is 5. The quantitative estimate of drug-likeness (QED) is 0.402. The lowest BCUT2D eigenvalue weighted by molar-refractivity contribution is -0.123. The van der Waals surface area contributed by atoms with Gasteiger partial charge in [-0.2, -0.15) is 0 Å². The van der Waals surface area contributed by atoms with E-state index in [9.17, 15) is 14.4 Å². The van der Waals surface area contributed by atoms with Gasteiger partial charge in [-0.25, -0.2) is 0 Å². The van der Waals surface area contributed by atoms with Gasteiger partial charge in [0.1, 0.15) is 5.75 Å². The third-order valence-corrected chi connectivity index (χ3v) is 6.13. The van der Waals surface area contributed by atoms with Gasteiger partial charge in [-0.15, -0.1) is 0 Å². The number of ether oxygens (including phenoxy) is 1. The first-order valence-electron chi connectivity index (χ1n) is 10.1. The van der Waals surface area contributed by atoms with Gasteiger partial charge in [0, 0.05) is 15.7 Å². The Morgan fingerprint density at radius 3 is 2.42 bits per heavy atom. The first kappa shape index (κ1) is 22.8. The van der Waals surface area contributed by atoms with Crippen LogP contribution in [0.1, 0.15) is 11.1 Å². The van der Waals surface area contributed by atoms with E-state index in [1.165, 1.54) is 4.90 Å². The highest BCUT2D eigenvalue weighted by molar-refractivity contribution is 9.10. The Bertz CT molecular complexity index is 1220. The van der Waals surface area contributed by atoms with Gasteiger partial charge in [0.25, 0.3) is 17.1 Å². The van der Waals surface area contributed by atoms with Gasteiger partial charge in [-0.05, 0) is 53.7 Å². The second-order valence-electron chi connectivity index (χ2n) is 7.14. The van der Waals surface area contributed by atoms with Crippen LogP contribution in [0.15, 0.2) is 88.2 Å². The molecule has 4 rings (SSSR count). The summed E-state index contributed by atoms with van der Waals surface area (Å²) in [6.07, 6.45) is 1.62. The molecular weight excluding hydrogens is 504 g/mol. The van der Waals surface area contributed by atoms with Gasteiger partial charge >= 0.3 is 0 Å². The maximum atomic E-state index is 12.9. The molecule has 0 aromatic heterocycles. The van der Waals surface area contributed by atoms with E-state index < -0.39 is 0 Å². The summed E-state index contributed by atoms with van der Waals surface area (Å²) in [5.74, 6) is -0.240. The molecule has 8 heteroatoms. The summed E-state index contributed by atoms with van der Waals surface area (Å²) in [7, 11) is 0. The fourth-order valence-electron chi connectivity index (χ4n) is 3.17. The Hall–Kier alpha value is -3.36. The molecule has 1 heterocycles. The number of halogens is 1. The molecule has 0 bridgehead atoms. The largest absolute Gasteiger partial charge is 0.483 e. The van der Waals surface area contributed by atoms with Crippen molar-refractivity contribution in [2.24, 2.45) is 0 Å². The molecule has 6 nitrogen and oxygen atoms in total. The molecule has 3 aromatic carbocycles. The van der Waals surface area contributed by atoms with Crippen LogP contribution in [-0.2, 0) is 16.1 Å². The molecule has 1 aliphatic heterocycles. The zero-order valence-corrected chi connectivity index (χ0v) is 19.8. The van der Waals surface area contributed by atoms with Crippen molar-refractivity contribution in [3.63, 3.8) is 0 Å². The Morgan fingerprint density at radius 2 is 1.70 bits per heavy atom. The van der Waals surface area contributed by atoms with Gasteiger partial charge in [0.15, 0.2) is 6.61 Å². The van der Waals surface area contributed by atoms with Crippen molar-refractivity contribution >= 4 is 56.5 Å². The van der Waals surface area contributed by atoms with Gasteiger partial charge in [0.05, 0.1) is 11.4 Å². The van der Waals surface area contributed by atoms with E-state index in [1.807, 2.05) is 48.5 Å². The molecule has 1 N–H and O–H groups in total. The van der Waals surface area contributed by atoms with E-state index in [0.29, 0.717) is 21.9 Å². The molecule has 1 saturated heterocycles. The number of para-hydroxylation sites is 1. The molecular formula is C25H19BrN2O4S. The van der Waals surface area contributed by atoms with Gasteiger partial charge < -0.3 is 10.1 Å². The molecule has 166 valence electrons. The van der Waals surface area contributed by atoms with Crippen LogP contribution < -0.4 is 10.1 Å². The fourth-order valence-corrected chi connectivity index (χ4v) is 4.38. The van der Waals surface area contributed by atoms with Crippen LogP contribution in [0.3, 0.4) is 0 Å². The van der Waals surface area contributed by atoms with E-state index in [-0.39, 0.29) is 30.2 Å². The van der Waals surface area contributed by atoms with Gasteiger partial charge in [-0.1, -0.05) is 64.5 Å². The number of imide groups is 1. The molecule has 1 fully saturated rings. The zero-order valence-electron chi connectivity index (χ0n) is 17.4. The number of hydrogen-bond donors (Lipinski definition) is 1. The Kier molecular flexibility index (Phi) is 7.26. The van der Waals surface area contributed by atoms with E-state index in [4.69, 9.17) is 4.74 Å². The first-order chi connectivity index (χ1) is 16.0. The molecule has 0 spiro atoms. The van der Waals surface area contributed by atoms with Crippen LogP contribution in [0.2, 0.25) is 0 Å². The third-order valence-electron chi connectivity index (χ3n) is 4.73. The van der Waals surface area contributed by atoms with Crippen molar-refractivity contribution in [1.29, 1.82) is 0 Å². The van der Waals surface area contributed by atoms with E-state index in [1.54, 1.807) is 36.4 Å². The number of amides is 3. The van der Waals surface area contributed by atoms with Crippen LogP contribution in [0, 0.1) is 0 Å². The fraction of sp³-hybridized carbons (Fsp3) is 0.0800. The number of benzene rings is 3. The summed E-state index contributed by atoms with van der Waals surface area (Å²) < 4.78 is 6.50. The highest BCUT2D eigenvalue weighted by Crippen LogP contribution is 2.35. The SMILES string of the molecule is O=C(COc1ccc(Br)cc1/C=C1\SC(=O)N(Cc2ccccc2)C1=O)Nc1ccccc1. The van der Waals surface area contributed by atoms with Crippen LogP contribution in [0.25, 0.3) is 6.08 Å². The smallest absolute Gasteiger partial charge is 0.293 e.